The molecule has 7 aromatic heterocycles. The molecular formula is C75H42N6S3. The molecule has 0 saturated heterocycles. The van der Waals surface area contributed by atoms with Crippen LogP contribution in [0, 0.1) is 0 Å². The molecule has 0 aliphatic rings. The summed E-state index contributed by atoms with van der Waals surface area (Å²) in [6.45, 7) is 0. The van der Waals surface area contributed by atoms with E-state index in [9.17, 15) is 0 Å². The fourth-order valence-electron chi connectivity index (χ4n) is 13.4. The first kappa shape index (κ1) is 46.3. The topological polar surface area (TPSA) is 53.5 Å². The molecule has 0 N–H and O–H groups in total. The average Bonchev–Trinajstić information content (AvgIpc) is 2.69. The number of hydrogen-bond acceptors (Lipinski definition) is 6. The van der Waals surface area contributed by atoms with Crippen LogP contribution in [0.4, 0.5) is 0 Å². The van der Waals surface area contributed by atoms with Crippen LogP contribution in [0.2, 0.25) is 0 Å². The second-order valence-electron chi connectivity index (χ2n) is 21.9. The third-order valence-electron chi connectivity index (χ3n) is 17.3. The molecule has 7 heterocycles. The Morgan fingerprint density at radius 2 is 0.464 bits per heavy atom. The Bertz CT molecular complexity index is 5380. The van der Waals surface area contributed by atoms with Crippen molar-refractivity contribution in [1.82, 2.24) is 28.7 Å². The summed E-state index contributed by atoms with van der Waals surface area (Å²) in [6.07, 6.45) is 0. The van der Waals surface area contributed by atoms with E-state index >= 15 is 0 Å². The summed E-state index contributed by atoms with van der Waals surface area (Å²) in [6, 6.07) is 93.0. The van der Waals surface area contributed by atoms with E-state index in [0.717, 1.165) is 33.8 Å². The van der Waals surface area contributed by atoms with Gasteiger partial charge in [-0.1, -0.05) is 109 Å². The van der Waals surface area contributed by atoms with Crippen molar-refractivity contribution >= 4 is 160 Å². The predicted molar refractivity (Wildman–Crippen MR) is 358 cm³/mol. The van der Waals surface area contributed by atoms with Gasteiger partial charge in [-0.3, -0.25) is 0 Å². The van der Waals surface area contributed by atoms with Gasteiger partial charge in [-0.2, -0.15) is 0 Å². The molecule has 0 amide bonds. The highest BCUT2D eigenvalue weighted by Gasteiger charge is 2.21. The van der Waals surface area contributed by atoms with E-state index in [-0.39, 0.29) is 0 Å². The first-order valence-electron chi connectivity index (χ1n) is 28.2. The zero-order valence-corrected chi connectivity index (χ0v) is 47.1. The van der Waals surface area contributed by atoms with Crippen LogP contribution < -0.4 is 0 Å². The lowest BCUT2D eigenvalue weighted by Gasteiger charge is -2.12. The first-order valence-corrected chi connectivity index (χ1v) is 30.7. The van der Waals surface area contributed by atoms with E-state index in [2.05, 4.69) is 268 Å². The monoisotopic (exact) mass is 1120 g/mol. The Labute approximate surface area is 491 Å². The number of benzene rings is 12. The van der Waals surface area contributed by atoms with Crippen molar-refractivity contribution in [1.29, 1.82) is 0 Å². The zero-order chi connectivity index (χ0) is 54.7. The van der Waals surface area contributed by atoms with E-state index in [1.54, 1.807) is 0 Å². The van der Waals surface area contributed by atoms with Gasteiger partial charge in [-0.25, -0.2) is 15.0 Å². The average molecular weight is 1120 g/mol. The quantitative estimate of drug-likeness (QED) is 0.167. The van der Waals surface area contributed by atoms with Crippen molar-refractivity contribution in [2.24, 2.45) is 0 Å². The zero-order valence-electron chi connectivity index (χ0n) is 44.7. The van der Waals surface area contributed by atoms with Gasteiger partial charge >= 0.3 is 0 Å². The van der Waals surface area contributed by atoms with Gasteiger partial charge in [0, 0.05) is 127 Å². The molecule has 0 radical (unpaired) electrons. The highest BCUT2D eigenvalue weighted by atomic mass is 32.1. The maximum atomic E-state index is 5.33. The van der Waals surface area contributed by atoms with Gasteiger partial charge in [0.2, 0.25) is 0 Å². The number of thiophene rings is 3. The summed E-state index contributed by atoms with van der Waals surface area (Å²) in [4.78, 5) is 16.0. The lowest BCUT2D eigenvalue weighted by atomic mass is 10.1. The SMILES string of the molecule is c1ccc2c(c1)sc1cc3c4ccccc4n(-c4ccc(-c5nc(-c6ccc(-n7c8ccccc8c8cc9sc%10ccccc%10c9cc87)cc6)nc(-c6ccc(-n7c8ccccc8c8cc9sc%10ccccc%10c9cc87)cc6)n5)cc4)c3cc12. The molecule has 0 fully saturated rings. The molecule has 0 aliphatic heterocycles. The Kier molecular flexibility index (Phi) is 9.71. The number of nitrogens with zero attached hydrogens (tertiary/aromatic N) is 6. The minimum absolute atomic E-state index is 0.604. The van der Waals surface area contributed by atoms with Crippen LogP contribution in [0.15, 0.2) is 255 Å². The molecule has 0 aliphatic carbocycles. The number of hydrogen-bond donors (Lipinski definition) is 0. The van der Waals surface area contributed by atoms with Crippen LogP contribution in [-0.2, 0) is 0 Å². The fraction of sp³-hybridized carbons (Fsp3) is 0. The molecule has 6 nitrogen and oxygen atoms in total. The molecule has 390 valence electrons. The Morgan fingerprint density at radius 3 is 0.762 bits per heavy atom. The van der Waals surface area contributed by atoms with Crippen molar-refractivity contribution in [2.45, 2.75) is 0 Å². The van der Waals surface area contributed by atoms with Gasteiger partial charge in [0.25, 0.3) is 0 Å². The third kappa shape index (κ3) is 6.79. The maximum absolute atomic E-state index is 5.33. The van der Waals surface area contributed by atoms with Crippen molar-refractivity contribution in [3.8, 4) is 51.2 Å². The van der Waals surface area contributed by atoms with Gasteiger partial charge in [0.1, 0.15) is 0 Å². The standard InChI is InChI=1S/C75H42N6S3/c1-7-19-61-49(13-1)55-40-70-58(52-16-4-10-22-67(52)82-70)37-64(55)79(61)46-31-25-43(26-32-46)73-76-74(44-27-33-47(34-28-44)80-62-20-8-2-14-50(62)56-41-71-59(38-65(56)80)53-17-5-11-23-68(53)83-71)78-75(77-73)45-29-35-48(36-30-45)81-63-21-9-3-15-51(63)57-42-72-60(39-66(57)81)54-18-6-12-24-69(54)84-72/h1-42H. The van der Waals surface area contributed by atoms with Crippen LogP contribution in [0.1, 0.15) is 0 Å². The van der Waals surface area contributed by atoms with Gasteiger partial charge in [-0.15, -0.1) is 34.0 Å². The number of aromatic nitrogens is 6. The largest absolute Gasteiger partial charge is 0.309 e. The Balaban J connectivity index is 0.756. The third-order valence-corrected chi connectivity index (χ3v) is 20.7. The van der Waals surface area contributed by atoms with Crippen molar-refractivity contribution in [2.75, 3.05) is 0 Å². The van der Waals surface area contributed by atoms with Gasteiger partial charge in [0.15, 0.2) is 17.5 Å². The summed E-state index contributed by atoms with van der Waals surface area (Å²) in [5.41, 5.74) is 13.0. The second kappa shape index (κ2) is 17.6. The summed E-state index contributed by atoms with van der Waals surface area (Å²) < 4.78 is 15.0. The van der Waals surface area contributed by atoms with Crippen LogP contribution in [0.3, 0.4) is 0 Å². The smallest absolute Gasteiger partial charge is 0.164 e. The van der Waals surface area contributed by atoms with Gasteiger partial charge in [0.05, 0.1) is 33.1 Å². The Hall–Kier alpha value is -10.3. The second-order valence-corrected chi connectivity index (χ2v) is 25.1. The lowest BCUT2D eigenvalue weighted by Crippen LogP contribution is -2.01. The molecule has 0 atom stereocenters. The van der Waals surface area contributed by atoms with Gasteiger partial charge in [-0.05, 0) is 146 Å². The van der Waals surface area contributed by atoms with Crippen molar-refractivity contribution < 1.29 is 0 Å². The van der Waals surface area contributed by atoms with Crippen LogP contribution in [0.25, 0.3) is 177 Å². The predicted octanol–water partition coefficient (Wildman–Crippen LogP) is 21.3. The van der Waals surface area contributed by atoms with E-state index < -0.39 is 0 Å². The molecule has 0 spiro atoms. The first-order chi connectivity index (χ1) is 41.6. The van der Waals surface area contributed by atoms with E-state index in [0.29, 0.717) is 17.5 Å². The maximum Gasteiger partial charge on any atom is 0.164 e. The van der Waals surface area contributed by atoms with Crippen LogP contribution in [-0.4, -0.2) is 28.7 Å². The lowest BCUT2D eigenvalue weighted by molar-refractivity contribution is 1.07. The van der Waals surface area contributed by atoms with Crippen molar-refractivity contribution in [3.63, 3.8) is 0 Å². The number of rotatable bonds is 6. The minimum Gasteiger partial charge on any atom is -0.309 e. The summed E-state index contributed by atoms with van der Waals surface area (Å²) in [7, 11) is 0. The molecule has 84 heavy (non-hydrogen) atoms. The Morgan fingerprint density at radius 1 is 0.202 bits per heavy atom. The van der Waals surface area contributed by atoms with Crippen LogP contribution in [0.5, 0.6) is 0 Å². The molecule has 0 unspecified atom stereocenters. The van der Waals surface area contributed by atoms with Crippen LogP contribution >= 0.6 is 34.0 Å². The molecule has 19 rings (SSSR count). The highest BCUT2D eigenvalue weighted by Crippen LogP contribution is 2.45. The highest BCUT2D eigenvalue weighted by molar-refractivity contribution is 7.26. The van der Waals surface area contributed by atoms with Crippen molar-refractivity contribution in [3.05, 3.63) is 255 Å². The van der Waals surface area contributed by atoms with Gasteiger partial charge < -0.3 is 13.7 Å². The normalized spacial score (nSPS) is 12.3. The fourth-order valence-corrected chi connectivity index (χ4v) is 16.8. The molecule has 0 saturated carbocycles. The van der Waals surface area contributed by atoms with E-state index in [1.807, 2.05) is 34.0 Å². The van der Waals surface area contributed by atoms with E-state index in [4.69, 9.17) is 15.0 Å². The number of fused-ring (bicyclic) bond motifs is 18. The molecular weight excluding hydrogens is 1080 g/mol. The molecule has 12 aromatic carbocycles. The summed E-state index contributed by atoms with van der Waals surface area (Å²) in [5, 5.41) is 15.1. The summed E-state index contributed by atoms with van der Waals surface area (Å²) >= 11 is 5.58. The molecule has 0 bridgehead atoms. The van der Waals surface area contributed by atoms with E-state index in [1.165, 1.54) is 126 Å². The molecule has 9 heteroatoms. The minimum atomic E-state index is 0.604. The summed E-state index contributed by atoms with van der Waals surface area (Å²) in [5.74, 6) is 1.81. The molecule has 19 aromatic rings. The number of para-hydroxylation sites is 3.